The molecule has 2 N–H and O–H groups in total. The van der Waals surface area contributed by atoms with Crippen LogP contribution >= 0.6 is 0 Å². The largest absolute Gasteiger partial charge is 0.416 e. The summed E-state index contributed by atoms with van der Waals surface area (Å²) in [6, 6.07) is 5.07. The van der Waals surface area contributed by atoms with Crippen LogP contribution in [0.1, 0.15) is 49.0 Å². The van der Waals surface area contributed by atoms with Crippen molar-refractivity contribution in [3.05, 3.63) is 47.3 Å². The number of nitrogens with zero attached hydrogens (tertiary/aromatic N) is 3. The fourth-order valence-electron chi connectivity index (χ4n) is 4.13. The maximum atomic E-state index is 13.0. The monoisotopic (exact) mass is 395 g/mol. The highest BCUT2D eigenvalue weighted by Crippen LogP contribution is 2.45. The van der Waals surface area contributed by atoms with Crippen LogP contribution in [0.15, 0.2) is 30.5 Å². The number of aromatic nitrogens is 3. The lowest BCUT2D eigenvalue weighted by Crippen LogP contribution is -2.48. The number of carbonyl (C=O) groups excluding carboxylic acids is 1. The minimum atomic E-state index is -4.39. The van der Waals surface area contributed by atoms with Gasteiger partial charge in [0.1, 0.15) is 0 Å². The van der Waals surface area contributed by atoms with E-state index in [2.05, 4.69) is 20.9 Å². The summed E-state index contributed by atoms with van der Waals surface area (Å²) >= 11 is 0. The van der Waals surface area contributed by atoms with Gasteiger partial charge in [-0.05, 0) is 37.5 Å². The first-order chi connectivity index (χ1) is 13.1. The Kier molecular flexibility index (Phi) is 5.47. The third-order valence-corrected chi connectivity index (χ3v) is 5.36. The highest BCUT2D eigenvalue weighted by Gasteiger charge is 2.43. The van der Waals surface area contributed by atoms with E-state index >= 15 is 0 Å². The molecule has 0 radical (unpaired) electrons. The molecule has 1 saturated heterocycles. The van der Waals surface area contributed by atoms with E-state index < -0.39 is 17.2 Å². The Hall–Kier alpha value is -2.42. The van der Waals surface area contributed by atoms with E-state index in [1.54, 1.807) is 18.8 Å². The van der Waals surface area contributed by atoms with Crippen molar-refractivity contribution >= 4 is 5.91 Å². The molecule has 0 spiro atoms. The van der Waals surface area contributed by atoms with Gasteiger partial charge in [0, 0.05) is 38.2 Å². The number of hydrogen-bond acceptors (Lipinski definition) is 4. The van der Waals surface area contributed by atoms with Gasteiger partial charge in [0.2, 0.25) is 5.91 Å². The Labute approximate surface area is 161 Å². The molecule has 1 aliphatic rings. The van der Waals surface area contributed by atoms with E-state index in [1.165, 1.54) is 12.1 Å². The Balaban J connectivity index is 2.00. The summed E-state index contributed by atoms with van der Waals surface area (Å²) in [5.41, 5.74) is 0.184. The summed E-state index contributed by atoms with van der Waals surface area (Å²) in [5.74, 6) is -0.146. The van der Waals surface area contributed by atoms with Crippen molar-refractivity contribution in [1.29, 1.82) is 0 Å². The molecule has 6 nitrogen and oxygen atoms in total. The van der Waals surface area contributed by atoms with Gasteiger partial charge in [0.15, 0.2) is 0 Å². The van der Waals surface area contributed by atoms with Crippen molar-refractivity contribution in [2.75, 3.05) is 7.05 Å². The second kappa shape index (κ2) is 7.54. The fourth-order valence-corrected chi connectivity index (χ4v) is 4.13. The number of piperidine rings is 1. The van der Waals surface area contributed by atoms with Crippen LogP contribution < -0.4 is 10.6 Å². The van der Waals surface area contributed by atoms with Crippen LogP contribution in [-0.4, -0.2) is 34.0 Å². The number of halogens is 3. The highest BCUT2D eigenvalue weighted by molar-refractivity contribution is 5.77. The summed E-state index contributed by atoms with van der Waals surface area (Å²) in [4.78, 5) is 12.3. The van der Waals surface area contributed by atoms with Crippen molar-refractivity contribution in [1.82, 2.24) is 25.6 Å². The smallest absolute Gasteiger partial charge is 0.359 e. The van der Waals surface area contributed by atoms with Crippen molar-refractivity contribution in [3.63, 3.8) is 0 Å². The lowest BCUT2D eigenvalue weighted by molar-refractivity contribution is -0.137. The number of rotatable bonds is 4. The maximum absolute atomic E-state index is 13.0. The maximum Gasteiger partial charge on any atom is 0.416 e. The van der Waals surface area contributed by atoms with E-state index in [4.69, 9.17) is 0 Å². The van der Waals surface area contributed by atoms with Crippen molar-refractivity contribution in [2.24, 2.45) is 7.05 Å². The van der Waals surface area contributed by atoms with Gasteiger partial charge in [-0.15, -0.1) is 5.10 Å². The number of aryl methyl sites for hydroxylation is 1. The van der Waals surface area contributed by atoms with Gasteiger partial charge in [-0.25, -0.2) is 0 Å². The number of benzene rings is 1. The van der Waals surface area contributed by atoms with Gasteiger partial charge in [-0.2, -0.15) is 13.2 Å². The van der Waals surface area contributed by atoms with E-state index in [0.717, 1.165) is 23.4 Å². The molecular formula is C19H24F3N5O. The Morgan fingerprint density at radius 2 is 2.00 bits per heavy atom. The van der Waals surface area contributed by atoms with Gasteiger partial charge in [0.25, 0.3) is 0 Å². The molecule has 1 fully saturated rings. The molecule has 2 heterocycles. The molecule has 3 rings (SSSR count). The zero-order valence-corrected chi connectivity index (χ0v) is 16.0. The SMILES string of the molecule is CNC(=O)C[C@]1(c2ccc(C(F)(F)F)cc2)C[C@@H](c2cn(C)nn2)N[C@@H](C)C1. The van der Waals surface area contributed by atoms with Crippen LogP contribution in [0.2, 0.25) is 0 Å². The molecule has 0 bridgehead atoms. The number of amides is 1. The predicted molar refractivity (Wildman–Crippen MR) is 97.4 cm³/mol. The quantitative estimate of drug-likeness (QED) is 0.835. The number of carbonyl (C=O) groups is 1. The molecular weight excluding hydrogens is 371 g/mol. The highest BCUT2D eigenvalue weighted by atomic mass is 19.4. The first-order valence-corrected chi connectivity index (χ1v) is 9.13. The predicted octanol–water partition coefficient (Wildman–Crippen LogP) is 2.72. The molecule has 28 heavy (non-hydrogen) atoms. The van der Waals surface area contributed by atoms with Crippen molar-refractivity contribution in [3.8, 4) is 0 Å². The first-order valence-electron chi connectivity index (χ1n) is 9.13. The van der Waals surface area contributed by atoms with E-state index in [0.29, 0.717) is 12.8 Å². The standard InChI is InChI=1S/C19H24F3N5O/c1-12-8-18(10-17(28)23-2,9-15(24-12)16-11-27(3)26-25-16)13-4-6-14(7-5-13)19(20,21)22/h4-7,11-12,15,24H,8-10H2,1-3H3,(H,23,28)/t12-,15-,18+/m0/s1. The van der Waals surface area contributed by atoms with E-state index in [1.807, 2.05) is 13.1 Å². The Bertz CT molecular complexity index is 833. The van der Waals surface area contributed by atoms with Gasteiger partial charge in [0.05, 0.1) is 17.3 Å². The van der Waals surface area contributed by atoms with Crippen LogP contribution in [-0.2, 0) is 23.4 Å². The molecule has 1 aromatic carbocycles. The zero-order chi connectivity index (χ0) is 20.5. The number of alkyl halides is 3. The molecule has 9 heteroatoms. The van der Waals surface area contributed by atoms with Crippen LogP contribution in [0.5, 0.6) is 0 Å². The minimum absolute atomic E-state index is 0.0488. The average Bonchev–Trinajstić information content (AvgIpc) is 3.07. The van der Waals surface area contributed by atoms with Gasteiger partial charge < -0.3 is 10.6 Å². The molecule has 1 aliphatic heterocycles. The fraction of sp³-hybridized carbons (Fsp3) is 0.526. The number of hydrogen-bond donors (Lipinski definition) is 2. The van der Waals surface area contributed by atoms with Crippen LogP contribution in [0.25, 0.3) is 0 Å². The summed E-state index contributed by atoms with van der Waals surface area (Å²) in [6.07, 6.45) is -1.22. The molecule has 0 saturated carbocycles. The molecule has 1 amide bonds. The molecule has 3 atom stereocenters. The molecule has 0 aliphatic carbocycles. The van der Waals surface area contributed by atoms with Crippen molar-refractivity contribution < 1.29 is 18.0 Å². The number of nitrogens with one attached hydrogen (secondary N) is 2. The van der Waals surface area contributed by atoms with Crippen molar-refractivity contribution in [2.45, 2.75) is 49.9 Å². The lowest BCUT2D eigenvalue weighted by atomic mass is 9.66. The van der Waals surface area contributed by atoms with E-state index in [-0.39, 0.29) is 24.4 Å². The molecule has 0 unspecified atom stereocenters. The summed E-state index contributed by atoms with van der Waals surface area (Å²) in [6.45, 7) is 2.01. The second-order valence-electron chi connectivity index (χ2n) is 7.55. The molecule has 1 aromatic heterocycles. The van der Waals surface area contributed by atoms with Gasteiger partial charge >= 0.3 is 6.18 Å². The van der Waals surface area contributed by atoms with Crippen LogP contribution in [0.3, 0.4) is 0 Å². The topological polar surface area (TPSA) is 71.8 Å². The summed E-state index contributed by atoms with van der Waals surface area (Å²) < 4.78 is 40.5. The third kappa shape index (κ3) is 4.19. The van der Waals surface area contributed by atoms with Gasteiger partial charge in [-0.1, -0.05) is 17.3 Å². The molecule has 2 aromatic rings. The average molecular weight is 395 g/mol. The first kappa shape index (κ1) is 20.3. The minimum Gasteiger partial charge on any atom is -0.359 e. The van der Waals surface area contributed by atoms with Crippen LogP contribution in [0, 0.1) is 0 Å². The third-order valence-electron chi connectivity index (χ3n) is 5.36. The van der Waals surface area contributed by atoms with E-state index in [9.17, 15) is 18.0 Å². The van der Waals surface area contributed by atoms with Gasteiger partial charge in [-0.3, -0.25) is 9.48 Å². The normalized spacial score (nSPS) is 25.5. The Morgan fingerprint density at radius 1 is 1.32 bits per heavy atom. The zero-order valence-electron chi connectivity index (χ0n) is 16.0. The summed E-state index contributed by atoms with van der Waals surface area (Å²) in [5, 5.41) is 14.3. The lowest BCUT2D eigenvalue weighted by Gasteiger charge is -2.44. The van der Waals surface area contributed by atoms with Crippen LogP contribution in [0.4, 0.5) is 13.2 Å². The second-order valence-corrected chi connectivity index (χ2v) is 7.55. The Morgan fingerprint density at radius 3 is 2.54 bits per heavy atom. The summed E-state index contributed by atoms with van der Waals surface area (Å²) in [7, 11) is 3.34. The molecule has 152 valence electrons.